The minimum absolute atomic E-state index is 0.0736. The molecule has 1 aliphatic carbocycles. The molecule has 0 aromatic rings. The maximum Gasteiger partial charge on any atom is 0.407 e. The Labute approximate surface area is 132 Å². The molecule has 1 aliphatic heterocycles. The molecule has 1 amide bonds. The van der Waals surface area contributed by atoms with Crippen LogP contribution in [0.5, 0.6) is 0 Å². The van der Waals surface area contributed by atoms with Gasteiger partial charge in [-0.25, -0.2) is 4.79 Å². The van der Waals surface area contributed by atoms with Gasteiger partial charge in [0.2, 0.25) is 0 Å². The van der Waals surface area contributed by atoms with Crippen molar-refractivity contribution >= 4 is 11.8 Å². The number of ether oxygens (including phenoxy) is 1. The molecule has 5 heteroatoms. The number of hydrogen-bond acceptors (Lipinski definition) is 4. The molecule has 122 valence electrons. The number of alkyl carbamates (subject to hydrolysis) is 1. The van der Waals surface area contributed by atoms with E-state index in [9.17, 15) is 4.79 Å². The average molecular weight is 305 g/mol. The van der Waals surface area contributed by atoms with Gasteiger partial charge in [0, 0.05) is 19.1 Å². The normalized spacial score (nSPS) is 22.9. The molecule has 0 spiro atoms. The highest BCUT2D eigenvalue weighted by Crippen LogP contribution is 2.20. The van der Waals surface area contributed by atoms with Gasteiger partial charge in [0.15, 0.2) is 0 Å². The molecule has 1 fully saturated rings. The van der Waals surface area contributed by atoms with Crippen molar-refractivity contribution in [2.75, 3.05) is 13.1 Å². The molecule has 2 rings (SSSR count). The molecule has 22 heavy (non-hydrogen) atoms. The first-order valence-electron chi connectivity index (χ1n) is 8.05. The Hall–Kier alpha value is -1.78. The second-order valence-corrected chi connectivity index (χ2v) is 6.91. The van der Waals surface area contributed by atoms with Crippen LogP contribution in [0.2, 0.25) is 0 Å². The van der Waals surface area contributed by atoms with Crippen LogP contribution in [0.25, 0.3) is 0 Å². The highest BCUT2D eigenvalue weighted by Gasteiger charge is 2.26. The molecular formula is C17H27N3O2. The van der Waals surface area contributed by atoms with Crippen LogP contribution in [-0.2, 0) is 4.74 Å². The van der Waals surface area contributed by atoms with Crippen molar-refractivity contribution < 1.29 is 9.53 Å². The molecule has 1 atom stereocenters. The molecule has 0 bridgehead atoms. The standard InChI is InChI=1S/C17H27N3O2/c1-17(2,3)22-16(21)19-13-8-7-11-20(12-13)15-10-6-4-5-9-14(15)18/h5,9-10,13,18H,4,6-8,11-12H2,1-3H3,(H,19,21). The summed E-state index contributed by atoms with van der Waals surface area (Å²) in [5, 5.41) is 11.1. The Morgan fingerprint density at radius 2 is 2.18 bits per heavy atom. The first-order chi connectivity index (χ1) is 10.3. The Morgan fingerprint density at radius 1 is 1.41 bits per heavy atom. The maximum absolute atomic E-state index is 11.9. The Kier molecular flexibility index (Phi) is 5.27. The van der Waals surface area contributed by atoms with Crippen LogP contribution in [0.1, 0.15) is 46.5 Å². The highest BCUT2D eigenvalue weighted by molar-refractivity contribution is 6.05. The molecule has 2 N–H and O–H groups in total. The lowest BCUT2D eigenvalue weighted by atomic mass is 10.0. The van der Waals surface area contributed by atoms with Crippen molar-refractivity contribution in [1.82, 2.24) is 10.2 Å². The Bertz CT molecular complexity index is 489. The fraction of sp³-hybridized carbons (Fsp3) is 0.647. The zero-order chi connectivity index (χ0) is 16.2. The molecule has 1 heterocycles. The molecule has 1 unspecified atom stereocenters. The smallest absolute Gasteiger partial charge is 0.407 e. The van der Waals surface area contributed by atoms with E-state index in [-0.39, 0.29) is 12.1 Å². The molecular weight excluding hydrogens is 278 g/mol. The number of amides is 1. The second kappa shape index (κ2) is 6.99. The first-order valence-corrected chi connectivity index (χ1v) is 8.05. The van der Waals surface area contributed by atoms with Crippen LogP contribution >= 0.6 is 0 Å². The van der Waals surface area contributed by atoms with Gasteiger partial charge < -0.3 is 15.0 Å². The first kappa shape index (κ1) is 16.6. The maximum atomic E-state index is 11.9. The molecule has 0 saturated carbocycles. The van der Waals surface area contributed by atoms with E-state index < -0.39 is 5.60 Å². The van der Waals surface area contributed by atoms with Gasteiger partial charge in [0.1, 0.15) is 5.60 Å². The van der Waals surface area contributed by atoms with Gasteiger partial charge in [-0.05, 0) is 52.5 Å². The Morgan fingerprint density at radius 3 is 2.91 bits per heavy atom. The van der Waals surface area contributed by atoms with Crippen LogP contribution in [0.3, 0.4) is 0 Å². The van der Waals surface area contributed by atoms with Gasteiger partial charge in [0.05, 0.1) is 11.4 Å². The third kappa shape index (κ3) is 4.90. The summed E-state index contributed by atoms with van der Waals surface area (Å²) in [6.07, 6.45) is 9.62. The second-order valence-electron chi connectivity index (χ2n) is 6.91. The molecule has 1 saturated heterocycles. The van der Waals surface area contributed by atoms with E-state index in [1.807, 2.05) is 32.9 Å². The highest BCUT2D eigenvalue weighted by atomic mass is 16.6. The van der Waals surface area contributed by atoms with Crippen LogP contribution in [-0.4, -0.2) is 41.4 Å². The number of piperidine rings is 1. The summed E-state index contributed by atoms with van der Waals surface area (Å²) in [5.41, 5.74) is 1.08. The number of nitrogens with one attached hydrogen (secondary N) is 2. The SMILES string of the molecule is CC(C)(C)OC(=O)NC1CCCN(C2=CCCC=CC2=N)C1. The topological polar surface area (TPSA) is 65.4 Å². The van der Waals surface area contributed by atoms with Gasteiger partial charge in [-0.3, -0.25) is 5.41 Å². The van der Waals surface area contributed by atoms with Crippen LogP contribution in [0.15, 0.2) is 23.9 Å². The number of nitrogens with zero attached hydrogens (tertiary/aromatic N) is 1. The van der Waals surface area contributed by atoms with E-state index in [2.05, 4.69) is 16.3 Å². The lowest BCUT2D eigenvalue weighted by molar-refractivity contribution is 0.0481. The number of carbonyl (C=O) groups is 1. The van der Waals surface area contributed by atoms with Crippen molar-refractivity contribution in [2.45, 2.75) is 58.1 Å². The summed E-state index contributed by atoms with van der Waals surface area (Å²) in [7, 11) is 0. The van der Waals surface area contributed by atoms with Crippen molar-refractivity contribution in [2.24, 2.45) is 0 Å². The molecule has 0 radical (unpaired) electrons. The summed E-state index contributed by atoms with van der Waals surface area (Å²) in [5.74, 6) is 0. The number of hydrogen-bond donors (Lipinski definition) is 2. The number of allylic oxidation sites excluding steroid dienone is 3. The van der Waals surface area contributed by atoms with Crippen LogP contribution < -0.4 is 5.32 Å². The molecule has 0 aromatic carbocycles. The van der Waals surface area contributed by atoms with E-state index in [4.69, 9.17) is 10.1 Å². The minimum Gasteiger partial charge on any atom is -0.444 e. The van der Waals surface area contributed by atoms with Gasteiger partial charge in [-0.15, -0.1) is 0 Å². The van der Waals surface area contributed by atoms with Crippen molar-refractivity contribution in [3.05, 3.63) is 23.9 Å². The lowest BCUT2D eigenvalue weighted by Crippen LogP contribution is -2.49. The largest absolute Gasteiger partial charge is 0.444 e. The van der Waals surface area contributed by atoms with E-state index >= 15 is 0 Å². The molecule has 5 nitrogen and oxygen atoms in total. The van der Waals surface area contributed by atoms with Gasteiger partial charge in [-0.2, -0.15) is 0 Å². The lowest BCUT2D eigenvalue weighted by Gasteiger charge is -2.36. The predicted molar refractivity (Wildman–Crippen MR) is 88.1 cm³/mol. The fourth-order valence-corrected chi connectivity index (χ4v) is 2.80. The summed E-state index contributed by atoms with van der Waals surface area (Å²) in [6, 6.07) is 0.0736. The van der Waals surface area contributed by atoms with Crippen molar-refractivity contribution in [1.29, 1.82) is 5.41 Å². The van der Waals surface area contributed by atoms with Gasteiger partial charge in [-0.1, -0.05) is 12.2 Å². The fourth-order valence-electron chi connectivity index (χ4n) is 2.80. The zero-order valence-electron chi connectivity index (χ0n) is 13.8. The van der Waals surface area contributed by atoms with Gasteiger partial charge in [0.25, 0.3) is 0 Å². The van der Waals surface area contributed by atoms with E-state index in [1.165, 1.54) is 0 Å². The predicted octanol–water partition coefficient (Wildman–Crippen LogP) is 3.23. The average Bonchev–Trinajstić information content (AvgIpc) is 2.61. The number of likely N-dealkylation sites (tertiary alicyclic amines) is 1. The number of carbonyl (C=O) groups excluding carboxylic acids is 1. The number of rotatable bonds is 2. The van der Waals surface area contributed by atoms with Crippen LogP contribution in [0, 0.1) is 5.41 Å². The minimum atomic E-state index is -0.477. The Balaban J connectivity index is 1.94. The molecule has 0 aromatic heterocycles. The van der Waals surface area contributed by atoms with Crippen molar-refractivity contribution in [3.8, 4) is 0 Å². The molecule has 2 aliphatic rings. The summed E-state index contributed by atoms with van der Waals surface area (Å²) < 4.78 is 5.33. The van der Waals surface area contributed by atoms with Crippen molar-refractivity contribution in [3.63, 3.8) is 0 Å². The monoisotopic (exact) mass is 305 g/mol. The zero-order valence-corrected chi connectivity index (χ0v) is 13.8. The van der Waals surface area contributed by atoms with E-state index in [0.29, 0.717) is 5.71 Å². The van der Waals surface area contributed by atoms with E-state index in [1.54, 1.807) is 0 Å². The van der Waals surface area contributed by atoms with Gasteiger partial charge >= 0.3 is 6.09 Å². The third-order valence-corrected chi connectivity index (χ3v) is 3.71. The summed E-state index contributed by atoms with van der Waals surface area (Å²) in [6.45, 7) is 7.27. The summed E-state index contributed by atoms with van der Waals surface area (Å²) >= 11 is 0. The quantitative estimate of drug-likeness (QED) is 0.823. The third-order valence-electron chi connectivity index (χ3n) is 3.71. The van der Waals surface area contributed by atoms with E-state index in [0.717, 1.165) is 44.5 Å². The van der Waals surface area contributed by atoms with Crippen LogP contribution in [0.4, 0.5) is 4.79 Å². The summed E-state index contributed by atoms with van der Waals surface area (Å²) in [4.78, 5) is 14.1.